The summed E-state index contributed by atoms with van der Waals surface area (Å²) in [5, 5.41) is 6.03. The maximum absolute atomic E-state index is 11.7. The number of nitrogens with one attached hydrogen (secondary N) is 3. The van der Waals surface area contributed by atoms with Gasteiger partial charge < -0.3 is 15.6 Å². The third-order valence-electron chi connectivity index (χ3n) is 2.66. The van der Waals surface area contributed by atoms with Crippen molar-refractivity contribution < 1.29 is 4.79 Å². The molecule has 6 heteroatoms. The standard InChI is InChI=1S/C13H17N5O/c1-9-7-14-4-3-11(9)15-5-6-16-13(19)12-17-8-10(2)18-12/h3-4,7-8H,5-6H2,1-2H3,(H,14,15)(H,16,19)(H,17,18). The zero-order chi connectivity index (χ0) is 13.7. The average molecular weight is 259 g/mol. The van der Waals surface area contributed by atoms with E-state index in [1.54, 1.807) is 18.6 Å². The van der Waals surface area contributed by atoms with Gasteiger partial charge in [0.15, 0.2) is 5.82 Å². The van der Waals surface area contributed by atoms with Crippen LogP contribution in [0.5, 0.6) is 0 Å². The number of aromatic nitrogens is 3. The fraction of sp³-hybridized carbons (Fsp3) is 0.308. The van der Waals surface area contributed by atoms with Gasteiger partial charge in [0.25, 0.3) is 5.91 Å². The number of imidazole rings is 1. The molecule has 0 bridgehead atoms. The third-order valence-corrected chi connectivity index (χ3v) is 2.66. The van der Waals surface area contributed by atoms with Crippen LogP contribution in [-0.4, -0.2) is 33.9 Å². The number of rotatable bonds is 5. The first-order valence-electron chi connectivity index (χ1n) is 6.11. The highest BCUT2D eigenvalue weighted by atomic mass is 16.2. The molecular weight excluding hydrogens is 242 g/mol. The number of anilines is 1. The van der Waals surface area contributed by atoms with Gasteiger partial charge in [-0.1, -0.05) is 0 Å². The molecular formula is C13H17N5O. The summed E-state index contributed by atoms with van der Waals surface area (Å²) in [6.07, 6.45) is 5.17. The van der Waals surface area contributed by atoms with Crippen molar-refractivity contribution in [1.29, 1.82) is 0 Å². The van der Waals surface area contributed by atoms with Crippen molar-refractivity contribution in [1.82, 2.24) is 20.3 Å². The van der Waals surface area contributed by atoms with E-state index in [4.69, 9.17) is 0 Å². The van der Waals surface area contributed by atoms with Gasteiger partial charge in [-0.2, -0.15) is 0 Å². The maximum Gasteiger partial charge on any atom is 0.287 e. The molecule has 0 atom stereocenters. The molecule has 0 aliphatic rings. The number of carbonyl (C=O) groups is 1. The molecule has 0 aliphatic heterocycles. The molecule has 0 aromatic carbocycles. The van der Waals surface area contributed by atoms with Crippen LogP contribution in [0.3, 0.4) is 0 Å². The molecule has 3 N–H and O–H groups in total. The molecule has 0 unspecified atom stereocenters. The molecule has 6 nitrogen and oxygen atoms in total. The van der Waals surface area contributed by atoms with Gasteiger partial charge >= 0.3 is 0 Å². The van der Waals surface area contributed by atoms with E-state index < -0.39 is 0 Å². The van der Waals surface area contributed by atoms with E-state index in [2.05, 4.69) is 25.6 Å². The smallest absolute Gasteiger partial charge is 0.287 e. The lowest BCUT2D eigenvalue weighted by molar-refractivity contribution is 0.0945. The molecule has 2 aromatic rings. The highest BCUT2D eigenvalue weighted by molar-refractivity contribution is 5.90. The first kappa shape index (κ1) is 13.1. The van der Waals surface area contributed by atoms with Crippen molar-refractivity contribution in [3.8, 4) is 0 Å². The van der Waals surface area contributed by atoms with Crippen LogP contribution in [0.1, 0.15) is 21.9 Å². The summed E-state index contributed by atoms with van der Waals surface area (Å²) in [4.78, 5) is 22.6. The fourth-order valence-corrected chi connectivity index (χ4v) is 1.66. The number of hydrogen-bond acceptors (Lipinski definition) is 4. The van der Waals surface area contributed by atoms with Crippen molar-refractivity contribution in [2.75, 3.05) is 18.4 Å². The van der Waals surface area contributed by atoms with E-state index in [0.29, 0.717) is 18.9 Å². The van der Waals surface area contributed by atoms with Crippen LogP contribution in [0.2, 0.25) is 0 Å². The molecule has 19 heavy (non-hydrogen) atoms. The van der Waals surface area contributed by atoms with Gasteiger partial charge in [-0.25, -0.2) is 4.98 Å². The van der Waals surface area contributed by atoms with E-state index in [-0.39, 0.29) is 5.91 Å². The van der Waals surface area contributed by atoms with Crippen LogP contribution >= 0.6 is 0 Å². The molecule has 0 saturated carbocycles. The summed E-state index contributed by atoms with van der Waals surface area (Å²) in [5.41, 5.74) is 2.98. The number of pyridine rings is 1. The third kappa shape index (κ3) is 3.54. The number of H-pyrrole nitrogens is 1. The van der Waals surface area contributed by atoms with Crippen molar-refractivity contribution in [2.24, 2.45) is 0 Å². The second kappa shape index (κ2) is 5.99. The molecule has 0 radical (unpaired) electrons. The summed E-state index contributed by atoms with van der Waals surface area (Å²) in [6, 6.07) is 1.91. The number of nitrogens with zero attached hydrogens (tertiary/aromatic N) is 2. The molecule has 1 amide bonds. The second-order valence-corrected chi connectivity index (χ2v) is 4.29. The molecule has 100 valence electrons. The Balaban J connectivity index is 1.75. The van der Waals surface area contributed by atoms with Gasteiger partial charge in [0.05, 0.1) is 0 Å². The zero-order valence-corrected chi connectivity index (χ0v) is 11.0. The number of aryl methyl sites for hydroxylation is 2. The minimum absolute atomic E-state index is 0.193. The summed E-state index contributed by atoms with van der Waals surface area (Å²) in [6.45, 7) is 5.02. The second-order valence-electron chi connectivity index (χ2n) is 4.29. The molecule has 2 rings (SSSR count). The number of aromatic amines is 1. The Morgan fingerprint density at radius 1 is 1.32 bits per heavy atom. The van der Waals surface area contributed by atoms with Gasteiger partial charge in [0, 0.05) is 43.1 Å². The van der Waals surface area contributed by atoms with Crippen molar-refractivity contribution in [2.45, 2.75) is 13.8 Å². The summed E-state index contributed by atoms with van der Waals surface area (Å²) in [7, 11) is 0. The first-order chi connectivity index (χ1) is 9.16. The van der Waals surface area contributed by atoms with Gasteiger partial charge in [0.1, 0.15) is 0 Å². The van der Waals surface area contributed by atoms with E-state index in [1.807, 2.05) is 19.9 Å². The lowest BCUT2D eigenvalue weighted by Gasteiger charge is -2.09. The highest BCUT2D eigenvalue weighted by Gasteiger charge is 2.07. The Morgan fingerprint density at radius 2 is 2.16 bits per heavy atom. The molecule has 0 spiro atoms. The van der Waals surface area contributed by atoms with Crippen molar-refractivity contribution in [3.05, 3.63) is 41.7 Å². The Morgan fingerprint density at radius 3 is 2.84 bits per heavy atom. The van der Waals surface area contributed by atoms with Crippen molar-refractivity contribution >= 4 is 11.6 Å². The summed E-state index contributed by atoms with van der Waals surface area (Å²) >= 11 is 0. The Labute approximate surface area is 111 Å². The van der Waals surface area contributed by atoms with Crippen LogP contribution in [-0.2, 0) is 0 Å². The predicted octanol–water partition coefficient (Wildman–Crippen LogP) is 1.26. The topological polar surface area (TPSA) is 82.7 Å². The van der Waals surface area contributed by atoms with E-state index in [0.717, 1.165) is 16.9 Å². The Hall–Kier alpha value is -2.37. The monoisotopic (exact) mass is 259 g/mol. The lowest BCUT2D eigenvalue weighted by atomic mass is 10.2. The molecule has 0 aliphatic carbocycles. The first-order valence-corrected chi connectivity index (χ1v) is 6.11. The SMILES string of the molecule is Cc1cnc(C(=O)NCCNc2ccncc2C)[nH]1. The molecule has 2 aromatic heterocycles. The quantitative estimate of drug-likeness (QED) is 0.706. The normalized spacial score (nSPS) is 10.2. The number of amides is 1. The zero-order valence-electron chi connectivity index (χ0n) is 11.0. The fourth-order valence-electron chi connectivity index (χ4n) is 1.66. The number of hydrogen-bond donors (Lipinski definition) is 3. The molecule has 0 fully saturated rings. The van der Waals surface area contributed by atoms with Gasteiger partial charge in [-0.3, -0.25) is 9.78 Å². The largest absolute Gasteiger partial charge is 0.383 e. The van der Waals surface area contributed by atoms with Crippen LogP contribution < -0.4 is 10.6 Å². The van der Waals surface area contributed by atoms with Crippen LogP contribution in [0.25, 0.3) is 0 Å². The minimum atomic E-state index is -0.193. The van der Waals surface area contributed by atoms with Gasteiger partial charge in [-0.05, 0) is 25.5 Å². The molecule has 0 saturated heterocycles. The lowest BCUT2D eigenvalue weighted by Crippen LogP contribution is -2.29. The maximum atomic E-state index is 11.7. The Kier molecular flexibility index (Phi) is 4.12. The molecule has 2 heterocycles. The summed E-state index contributed by atoms with van der Waals surface area (Å²) < 4.78 is 0. The van der Waals surface area contributed by atoms with Gasteiger partial charge in [0.2, 0.25) is 0 Å². The van der Waals surface area contributed by atoms with Crippen LogP contribution in [0.15, 0.2) is 24.7 Å². The Bertz CT molecular complexity index is 564. The predicted molar refractivity (Wildman–Crippen MR) is 73.1 cm³/mol. The van der Waals surface area contributed by atoms with E-state index in [1.165, 1.54) is 0 Å². The number of carbonyl (C=O) groups excluding carboxylic acids is 1. The highest BCUT2D eigenvalue weighted by Crippen LogP contribution is 2.10. The minimum Gasteiger partial charge on any atom is -0.383 e. The van der Waals surface area contributed by atoms with E-state index >= 15 is 0 Å². The van der Waals surface area contributed by atoms with Crippen molar-refractivity contribution in [3.63, 3.8) is 0 Å². The summed E-state index contributed by atoms with van der Waals surface area (Å²) in [5.74, 6) is 0.152. The van der Waals surface area contributed by atoms with Gasteiger partial charge in [-0.15, -0.1) is 0 Å². The van der Waals surface area contributed by atoms with Crippen LogP contribution in [0, 0.1) is 13.8 Å². The average Bonchev–Trinajstić information content (AvgIpc) is 2.83. The van der Waals surface area contributed by atoms with E-state index in [9.17, 15) is 4.79 Å². The van der Waals surface area contributed by atoms with Crippen LogP contribution in [0.4, 0.5) is 5.69 Å².